The number of carbonyl (C=O) groups is 1. The van der Waals surface area contributed by atoms with Gasteiger partial charge in [-0.15, -0.1) is 0 Å². The molecule has 0 spiro atoms. The SMILES string of the molecule is CC(C)C[C@@H](C(=O)N[C@H](C#N)C[C@@H]1CCN[C@H]1O)N1C=CC=C(N)[C@@H]1O. The third-order valence-electron chi connectivity index (χ3n) is 4.81. The summed E-state index contributed by atoms with van der Waals surface area (Å²) in [6.45, 7) is 4.67. The van der Waals surface area contributed by atoms with Crippen LogP contribution in [0.5, 0.6) is 0 Å². The summed E-state index contributed by atoms with van der Waals surface area (Å²) in [5.74, 6) is -0.188. The van der Waals surface area contributed by atoms with Gasteiger partial charge in [0.2, 0.25) is 5.91 Å². The first-order chi connectivity index (χ1) is 12.3. The van der Waals surface area contributed by atoms with E-state index in [-0.39, 0.29) is 23.4 Å². The van der Waals surface area contributed by atoms with Gasteiger partial charge in [0.15, 0.2) is 6.23 Å². The molecule has 2 rings (SSSR count). The van der Waals surface area contributed by atoms with Crippen molar-refractivity contribution in [1.82, 2.24) is 15.5 Å². The highest BCUT2D eigenvalue weighted by Gasteiger charge is 2.34. The van der Waals surface area contributed by atoms with Gasteiger partial charge in [0.1, 0.15) is 18.3 Å². The zero-order chi connectivity index (χ0) is 19.3. The van der Waals surface area contributed by atoms with E-state index in [1.54, 1.807) is 18.4 Å². The number of aliphatic hydroxyl groups is 2. The van der Waals surface area contributed by atoms with Crippen molar-refractivity contribution in [2.45, 2.75) is 57.6 Å². The first-order valence-corrected chi connectivity index (χ1v) is 9.04. The molecule has 2 aliphatic heterocycles. The van der Waals surface area contributed by atoms with Crippen LogP contribution in [0.25, 0.3) is 0 Å². The molecule has 1 amide bonds. The van der Waals surface area contributed by atoms with E-state index in [0.717, 1.165) is 6.42 Å². The van der Waals surface area contributed by atoms with Gasteiger partial charge < -0.3 is 26.2 Å². The Labute approximate surface area is 154 Å². The Hall–Kier alpha value is -2.08. The molecule has 0 aliphatic carbocycles. The summed E-state index contributed by atoms with van der Waals surface area (Å²) in [5, 5.41) is 35.3. The molecule has 0 aromatic heterocycles. The van der Waals surface area contributed by atoms with Gasteiger partial charge in [0, 0.05) is 12.1 Å². The van der Waals surface area contributed by atoms with Crippen molar-refractivity contribution in [3.8, 4) is 6.07 Å². The van der Waals surface area contributed by atoms with Crippen LogP contribution >= 0.6 is 0 Å². The van der Waals surface area contributed by atoms with Crippen LogP contribution < -0.4 is 16.4 Å². The maximum atomic E-state index is 12.9. The van der Waals surface area contributed by atoms with Crippen LogP contribution in [0, 0.1) is 23.2 Å². The number of aliphatic hydroxyl groups excluding tert-OH is 2. The van der Waals surface area contributed by atoms with Gasteiger partial charge in [-0.2, -0.15) is 5.26 Å². The van der Waals surface area contributed by atoms with Crippen molar-refractivity contribution in [3.05, 3.63) is 24.0 Å². The molecular formula is C18H29N5O3. The largest absolute Gasteiger partial charge is 0.398 e. The summed E-state index contributed by atoms with van der Waals surface area (Å²) < 4.78 is 0. The fraction of sp³-hybridized carbons (Fsp3) is 0.667. The van der Waals surface area contributed by atoms with Crippen LogP contribution in [0.2, 0.25) is 0 Å². The molecule has 1 saturated heterocycles. The van der Waals surface area contributed by atoms with E-state index in [0.29, 0.717) is 19.4 Å². The van der Waals surface area contributed by atoms with E-state index in [9.17, 15) is 20.3 Å². The molecule has 2 aliphatic rings. The molecule has 8 nitrogen and oxygen atoms in total. The molecule has 8 heteroatoms. The van der Waals surface area contributed by atoms with E-state index in [4.69, 9.17) is 5.73 Å². The number of nitriles is 1. The molecule has 5 atom stereocenters. The number of carbonyl (C=O) groups excluding carboxylic acids is 1. The minimum Gasteiger partial charge on any atom is -0.398 e. The first kappa shape index (κ1) is 20.2. The fourth-order valence-corrected chi connectivity index (χ4v) is 3.38. The van der Waals surface area contributed by atoms with Crippen LogP contribution in [0.3, 0.4) is 0 Å². The lowest BCUT2D eigenvalue weighted by atomic mass is 9.96. The number of nitrogens with one attached hydrogen (secondary N) is 2. The number of nitrogens with zero attached hydrogens (tertiary/aromatic N) is 2. The number of rotatable bonds is 7. The summed E-state index contributed by atoms with van der Waals surface area (Å²) in [5.41, 5.74) is 6.06. The lowest BCUT2D eigenvalue weighted by molar-refractivity contribution is -0.129. The number of amides is 1. The Morgan fingerprint density at radius 2 is 2.27 bits per heavy atom. The van der Waals surface area contributed by atoms with E-state index in [2.05, 4.69) is 16.7 Å². The van der Waals surface area contributed by atoms with Crippen LogP contribution in [0.15, 0.2) is 24.0 Å². The van der Waals surface area contributed by atoms with E-state index in [1.165, 1.54) is 4.90 Å². The Bertz CT molecular complexity index is 598. The summed E-state index contributed by atoms with van der Waals surface area (Å²) in [6.07, 6.45) is 4.85. The zero-order valence-corrected chi connectivity index (χ0v) is 15.3. The van der Waals surface area contributed by atoms with E-state index >= 15 is 0 Å². The molecule has 2 heterocycles. The molecule has 0 unspecified atom stereocenters. The fourth-order valence-electron chi connectivity index (χ4n) is 3.38. The highest BCUT2D eigenvalue weighted by molar-refractivity contribution is 5.82. The second-order valence-corrected chi connectivity index (χ2v) is 7.35. The molecule has 0 bridgehead atoms. The number of nitrogens with two attached hydrogens (primary N) is 1. The van der Waals surface area contributed by atoms with Gasteiger partial charge in [-0.3, -0.25) is 10.1 Å². The minimum atomic E-state index is -1.07. The average molecular weight is 363 g/mol. The summed E-state index contributed by atoms with van der Waals surface area (Å²) in [6, 6.07) is 0.764. The van der Waals surface area contributed by atoms with Gasteiger partial charge in [0.25, 0.3) is 0 Å². The van der Waals surface area contributed by atoms with Crippen molar-refractivity contribution in [1.29, 1.82) is 5.26 Å². The summed E-state index contributed by atoms with van der Waals surface area (Å²) >= 11 is 0. The Morgan fingerprint density at radius 1 is 1.54 bits per heavy atom. The second kappa shape index (κ2) is 9.03. The van der Waals surface area contributed by atoms with Crippen molar-refractivity contribution < 1.29 is 15.0 Å². The normalized spacial score (nSPS) is 27.8. The third kappa shape index (κ3) is 4.97. The van der Waals surface area contributed by atoms with Crippen LogP contribution in [0.4, 0.5) is 0 Å². The second-order valence-electron chi connectivity index (χ2n) is 7.35. The molecule has 0 aromatic rings. The standard InChI is InChI=1S/C18H29N5O3/c1-11(2)8-15(23-7-3-4-14(20)18(23)26)17(25)22-13(10-19)9-12-5-6-21-16(12)24/h3-4,7,11-13,15-16,18,21,24,26H,5-6,8-9,20H2,1-2H3,(H,22,25)/t12-,13-,15-,16-,18-/m0/s1. The monoisotopic (exact) mass is 363 g/mol. The Morgan fingerprint density at radius 3 is 2.85 bits per heavy atom. The van der Waals surface area contributed by atoms with Gasteiger partial charge >= 0.3 is 0 Å². The van der Waals surface area contributed by atoms with Gasteiger partial charge in [-0.1, -0.05) is 13.8 Å². The molecule has 144 valence electrons. The van der Waals surface area contributed by atoms with Crippen molar-refractivity contribution in [2.24, 2.45) is 17.6 Å². The minimum absolute atomic E-state index is 0.0671. The molecular weight excluding hydrogens is 334 g/mol. The van der Waals surface area contributed by atoms with Crippen molar-refractivity contribution in [3.63, 3.8) is 0 Å². The smallest absolute Gasteiger partial charge is 0.243 e. The number of hydrogen-bond acceptors (Lipinski definition) is 7. The van der Waals surface area contributed by atoms with Crippen LogP contribution in [-0.2, 0) is 4.79 Å². The summed E-state index contributed by atoms with van der Waals surface area (Å²) in [4.78, 5) is 14.4. The highest BCUT2D eigenvalue weighted by Crippen LogP contribution is 2.22. The lowest BCUT2D eigenvalue weighted by Crippen LogP contribution is -2.53. The third-order valence-corrected chi connectivity index (χ3v) is 4.81. The van der Waals surface area contributed by atoms with Crippen molar-refractivity contribution in [2.75, 3.05) is 6.54 Å². The maximum absolute atomic E-state index is 12.9. The number of hydrogen-bond donors (Lipinski definition) is 5. The molecule has 6 N–H and O–H groups in total. The summed E-state index contributed by atoms with van der Waals surface area (Å²) in [7, 11) is 0. The first-order valence-electron chi connectivity index (χ1n) is 9.04. The Balaban J connectivity index is 2.07. The molecule has 1 fully saturated rings. The van der Waals surface area contributed by atoms with E-state index in [1.807, 2.05) is 13.8 Å². The topological polar surface area (TPSA) is 135 Å². The molecule has 26 heavy (non-hydrogen) atoms. The maximum Gasteiger partial charge on any atom is 0.243 e. The number of allylic oxidation sites excluding steroid dienone is 2. The quantitative estimate of drug-likeness (QED) is 0.420. The van der Waals surface area contributed by atoms with Crippen LogP contribution in [0.1, 0.15) is 33.1 Å². The molecule has 0 aromatic carbocycles. The van der Waals surface area contributed by atoms with E-state index < -0.39 is 24.5 Å². The molecule has 0 radical (unpaired) electrons. The van der Waals surface area contributed by atoms with Crippen LogP contribution in [-0.4, -0.2) is 52.1 Å². The van der Waals surface area contributed by atoms with Gasteiger partial charge in [-0.25, -0.2) is 0 Å². The lowest BCUT2D eigenvalue weighted by Gasteiger charge is -2.36. The predicted molar refractivity (Wildman–Crippen MR) is 96.8 cm³/mol. The Kier molecular flexibility index (Phi) is 7.03. The zero-order valence-electron chi connectivity index (χ0n) is 15.3. The average Bonchev–Trinajstić information content (AvgIpc) is 2.99. The van der Waals surface area contributed by atoms with Gasteiger partial charge in [0.05, 0.1) is 11.8 Å². The predicted octanol–water partition coefficient (Wildman–Crippen LogP) is -0.282. The van der Waals surface area contributed by atoms with Crippen molar-refractivity contribution >= 4 is 5.91 Å². The highest BCUT2D eigenvalue weighted by atomic mass is 16.3. The molecule has 0 saturated carbocycles. The van der Waals surface area contributed by atoms with Gasteiger partial charge in [-0.05, 0) is 43.9 Å².